The van der Waals surface area contributed by atoms with Crippen molar-refractivity contribution in [3.8, 4) is 5.75 Å². The van der Waals surface area contributed by atoms with Gasteiger partial charge in [0.2, 0.25) is 5.95 Å². The van der Waals surface area contributed by atoms with Gasteiger partial charge in [0.1, 0.15) is 6.10 Å². The van der Waals surface area contributed by atoms with E-state index in [1.165, 1.54) is 17.3 Å². The second-order valence-corrected chi connectivity index (χ2v) is 3.82. The smallest absolute Gasteiger partial charge is 0.258 e. The maximum Gasteiger partial charge on any atom is 0.258 e. The summed E-state index contributed by atoms with van der Waals surface area (Å²) in [4.78, 5) is 21.5. The summed E-state index contributed by atoms with van der Waals surface area (Å²) >= 11 is 0. The van der Waals surface area contributed by atoms with Gasteiger partial charge in [-0.15, -0.1) is 0 Å². The molecule has 1 aliphatic heterocycles. The van der Waals surface area contributed by atoms with Crippen molar-refractivity contribution in [2.45, 2.75) is 18.9 Å². The van der Waals surface area contributed by atoms with Crippen molar-refractivity contribution >= 4 is 11.9 Å². The van der Waals surface area contributed by atoms with Crippen LogP contribution in [0.3, 0.4) is 0 Å². The van der Waals surface area contributed by atoms with Gasteiger partial charge in [-0.05, 0) is 12.8 Å². The van der Waals surface area contributed by atoms with E-state index in [9.17, 15) is 4.79 Å². The predicted molar refractivity (Wildman–Crippen MR) is 61.0 cm³/mol. The van der Waals surface area contributed by atoms with E-state index in [2.05, 4.69) is 9.97 Å². The van der Waals surface area contributed by atoms with E-state index in [0.717, 1.165) is 12.8 Å². The van der Waals surface area contributed by atoms with Crippen molar-refractivity contribution in [2.24, 2.45) is 0 Å². The van der Waals surface area contributed by atoms with E-state index in [1.54, 1.807) is 14.2 Å². The Kier molecular flexibility index (Phi) is 3.53. The number of methoxy groups -OCH3 is 1. The molecule has 17 heavy (non-hydrogen) atoms. The molecule has 92 valence electrons. The van der Waals surface area contributed by atoms with Crippen LogP contribution in [0.25, 0.3) is 0 Å². The Hall–Kier alpha value is -1.69. The van der Waals surface area contributed by atoms with Crippen LogP contribution in [0, 0.1) is 0 Å². The molecule has 1 saturated heterocycles. The maximum absolute atomic E-state index is 12.0. The highest BCUT2D eigenvalue weighted by atomic mass is 16.5. The first-order valence-electron chi connectivity index (χ1n) is 5.47. The summed E-state index contributed by atoms with van der Waals surface area (Å²) < 4.78 is 10.3. The molecule has 0 saturated carbocycles. The highest BCUT2D eigenvalue weighted by Crippen LogP contribution is 2.17. The van der Waals surface area contributed by atoms with Crippen LogP contribution in [0.1, 0.15) is 12.8 Å². The lowest BCUT2D eigenvalue weighted by Gasteiger charge is -2.18. The molecule has 1 atom stereocenters. The lowest BCUT2D eigenvalue weighted by Crippen LogP contribution is -2.37. The van der Waals surface area contributed by atoms with Crippen LogP contribution in [-0.4, -0.2) is 42.7 Å². The number of nitrogens with zero attached hydrogens (tertiary/aromatic N) is 3. The van der Waals surface area contributed by atoms with Gasteiger partial charge in [0.25, 0.3) is 5.91 Å². The highest BCUT2D eigenvalue weighted by molar-refractivity contribution is 5.94. The minimum absolute atomic E-state index is 0.104. The van der Waals surface area contributed by atoms with Gasteiger partial charge in [-0.2, -0.15) is 0 Å². The largest absolute Gasteiger partial charge is 0.494 e. The van der Waals surface area contributed by atoms with Crippen LogP contribution in [0.2, 0.25) is 0 Å². The van der Waals surface area contributed by atoms with Crippen molar-refractivity contribution in [1.29, 1.82) is 0 Å². The van der Waals surface area contributed by atoms with Gasteiger partial charge in [-0.1, -0.05) is 0 Å². The van der Waals surface area contributed by atoms with Crippen LogP contribution >= 0.6 is 0 Å². The lowest BCUT2D eigenvalue weighted by molar-refractivity contribution is -0.127. The third-order valence-electron chi connectivity index (χ3n) is 2.69. The van der Waals surface area contributed by atoms with E-state index in [-0.39, 0.29) is 12.0 Å². The number of likely N-dealkylation sites (N-methyl/N-ethyl adjacent to an activating group) is 1. The maximum atomic E-state index is 12.0. The number of aromatic nitrogens is 2. The van der Waals surface area contributed by atoms with Gasteiger partial charge in [-0.25, -0.2) is 9.97 Å². The second-order valence-electron chi connectivity index (χ2n) is 3.82. The highest BCUT2D eigenvalue weighted by Gasteiger charge is 2.28. The molecule has 0 radical (unpaired) electrons. The standard InChI is InChI=1S/C11H15N3O3/c1-14(10(15)9-4-3-5-17-9)11-12-6-8(16-2)7-13-11/h6-7,9H,3-5H2,1-2H3. The molecule has 1 aliphatic rings. The van der Waals surface area contributed by atoms with Crippen molar-refractivity contribution in [3.05, 3.63) is 12.4 Å². The Morgan fingerprint density at radius 2 is 2.24 bits per heavy atom. The van der Waals surface area contributed by atoms with Gasteiger partial charge in [0.15, 0.2) is 5.75 Å². The summed E-state index contributed by atoms with van der Waals surface area (Å²) in [7, 11) is 3.19. The molecule has 6 heteroatoms. The van der Waals surface area contributed by atoms with Crippen LogP contribution in [-0.2, 0) is 9.53 Å². The van der Waals surface area contributed by atoms with E-state index in [0.29, 0.717) is 18.3 Å². The SMILES string of the molecule is COc1cnc(N(C)C(=O)C2CCCO2)nc1. The molecule has 0 bridgehead atoms. The summed E-state index contributed by atoms with van der Waals surface area (Å²) in [6.45, 7) is 0.647. The Morgan fingerprint density at radius 1 is 1.53 bits per heavy atom. The van der Waals surface area contributed by atoms with Gasteiger partial charge in [0.05, 0.1) is 19.5 Å². The van der Waals surface area contributed by atoms with Gasteiger partial charge in [0, 0.05) is 13.7 Å². The number of hydrogen-bond donors (Lipinski definition) is 0. The van der Waals surface area contributed by atoms with E-state index in [4.69, 9.17) is 9.47 Å². The van der Waals surface area contributed by atoms with Gasteiger partial charge < -0.3 is 9.47 Å². The molecule has 2 rings (SSSR count). The summed E-state index contributed by atoms with van der Waals surface area (Å²) in [6.07, 6.45) is 4.39. The first-order valence-corrected chi connectivity index (χ1v) is 5.47. The number of hydrogen-bond acceptors (Lipinski definition) is 5. The van der Waals surface area contributed by atoms with Gasteiger partial charge >= 0.3 is 0 Å². The summed E-state index contributed by atoms with van der Waals surface area (Å²) in [5, 5.41) is 0. The number of amides is 1. The quantitative estimate of drug-likeness (QED) is 0.771. The zero-order chi connectivity index (χ0) is 12.3. The fourth-order valence-corrected chi connectivity index (χ4v) is 1.67. The summed E-state index contributed by atoms with van der Waals surface area (Å²) in [6, 6.07) is 0. The van der Waals surface area contributed by atoms with Crippen molar-refractivity contribution in [2.75, 3.05) is 25.7 Å². The molecule has 1 aromatic rings. The minimum Gasteiger partial charge on any atom is -0.494 e. The predicted octanol–water partition coefficient (Wildman–Crippen LogP) is 0.627. The fourth-order valence-electron chi connectivity index (χ4n) is 1.67. The third kappa shape index (κ3) is 2.52. The van der Waals surface area contributed by atoms with Crippen LogP contribution < -0.4 is 9.64 Å². The molecule has 1 amide bonds. The Morgan fingerprint density at radius 3 is 2.76 bits per heavy atom. The molecular weight excluding hydrogens is 222 g/mol. The monoisotopic (exact) mass is 237 g/mol. The molecule has 0 N–H and O–H groups in total. The van der Waals surface area contributed by atoms with Crippen molar-refractivity contribution in [3.63, 3.8) is 0 Å². The number of rotatable bonds is 3. The molecule has 0 spiro atoms. The molecular formula is C11H15N3O3. The normalized spacial score (nSPS) is 19.1. The van der Waals surface area contributed by atoms with Crippen molar-refractivity contribution < 1.29 is 14.3 Å². The number of ether oxygens (including phenoxy) is 2. The average Bonchev–Trinajstić information content (AvgIpc) is 2.91. The first-order chi connectivity index (χ1) is 8.22. The number of carbonyl (C=O) groups excluding carboxylic acids is 1. The minimum atomic E-state index is -0.356. The molecule has 2 heterocycles. The lowest BCUT2D eigenvalue weighted by atomic mass is 10.2. The summed E-state index contributed by atoms with van der Waals surface area (Å²) in [5.74, 6) is 0.811. The second kappa shape index (κ2) is 5.09. The fraction of sp³-hybridized carbons (Fsp3) is 0.545. The van der Waals surface area contributed by atoms with E-state index < -0.39 is 0 Å². The molecule has 1 aromatic heterocycles. The van der Waals surface area contributed by atoms with Crippen molar-refractivity contribution in [1.82, 2.24) is 9.97 Å². The molecule has 1 fully saturated rings. The van der Waals surface area contributed by atoms with Crippen LogP contribution in [0.15, 0.2) is 12.4 Å². The topological polar surface area (TPSA) is 64.5 Å². The molecule has 0 aliphatic carbocycles. The molecule has 1 unspecified atom stereocenters. The zero-order valence-electron chi connectivity index (χ0n) is 9.92. The molecule has 0 aromatic carbocycles. The molecule has 6 nitrogen and oxygen atoms in total. The average molecular weight is 237 g/mol. The number of carbonyl (C=O) groups is 1. The Balaban J connectivity index is 2.07. The van der Waals surface area contributed by atoms with Crippen LogP contribution in [0.4, 0.5) is 5.95 Å². The van der Waals surface area contributed by atoms with E-state index in [1.807, 2.05) is 0 Å². The Bertz CT molecular complexity index is 387. The zero-order valence-corrected chi connectivity index (χ0v) is 9.92. The van der Waals surface area contributed by atoms with Crippen LogP contribution in [0.5, 0.6) is 5.75 Å². The van der Waals surface area contributed by atoms with Gasteiger partial charge in [-0.3, -0.25) is 9.69 Å². The Labute approximate surface area is 99.6 Å². The third-order valence-corrected chi connectivity index (χ3v) is 2.69. The van der Waals surface area contributed by atoms with E-state index >= 15 is 0 Å². The summed E-state index contributed by atoms with van der Waals surface area (Å²) in [5.41, 5.74) is 0. The number of anilines is 1. The first kappa shape index (κ1) is 11.8.